The fourth-order valence-electron chi connectivity index (χ4n) is 2.39. The highest BCUT2D eigenvalue weighted by Crippen LogP contribution is 2.18. The van der Waals surface area contributed by atoms with E-state index in [2.05, 4.69) is 20.8 Å². The molecule has 3 aromatic rings. The Morgan fingerprint density at radius 1 is 1.13 bits per heavy atom. The van der Waals surface area contributed by atoms with E-state index in [-0.39, 0.29) is 5.91 Å². The van der Waals surface area contributed by atoms with Crippen LogP contribution in [0.4, 0.5) is 5.69 Å². The summed E-state index contributed by atoms with van der Waals surface area (Å²) in [7, 11) is 0. The highest BCUT2D eigenvalue weighted by atomic mass is 16.1. The molecule has 6 nitrogen and oxygen atoms in total. The van der Waals surface area contributed by atoms with E-state index in [4.69, 9.17) is 0 Å². The van der Waals surface area contributed by atoms with Crippen molar-refractivity contribution in [2.24, 2.45) is 0 Å². The summed E-state index contributed by atoms with van der Waals surface area (Å²) in [5, 5.41) is 14.1. The van der Waals surface area contributed by atoms with E-state index in [1.165, 1.54) is 6.33 Å². The predicted molar refractivity (Wildman–Crippen MR) is 87.4 cm³/mol. The molecule has 1 aromatic heterocycles. The van der Waals surface area contributed by atoms with Crippen LogP contribution in [0, 0.1) is 13.8 Å². The normalized spacial score (nSPS) is 10.5. The number of benzene rings is 2. The van der Waals surface area contributed by atoms with Crippen LogP contribution in [0.2, 0.25) is 0 Å². The number of carbonyl (C=O) groups is 1. The summed E-state index contributed by atoms with van der Waals surface area (Å²) in [6, 6.07) is 13.5. The lowest BCUT2D eigenvalue weighted by molar-refractivity contribution is -0.115. The number of carbonyl (C=O) groups excluding carboxylic acids is 1. The summed E-state index contributed by atoms with van der Waals surface area (Å²) < 4.78 is 1.58. The van der Waals surface area contributed by atoms with Gasteiger partial charge in [0.25, 0.3) is 0 Å². The molecule has 0 aliphatic heterocycles. The maximum absolute atomic E-state index is 12.3. The number of nitrogens with one attached hydrogen (secondary N) is 1. The van der Waals surface area contributed by atoms with Crippen LogP contribution in [0.1, 0.15) is 16.7 Å². The van der Waals surface area contributed by atoms with E-state index in [1.54, 1.807) is 4.68 Å². The molecule has 0 fully saturated rings. The molecule has 6 heteroatoms. The zero-order chi connectivity index (χ0) is 16.2. The van der Waals surface area contributed by atoms with Gasteiger partial charge in [-0.25, -0.2) is 4.68 Å². The third kappa shape index (κ3) is 3.42. The number of nitrogens with zero attached hydrogens (tertiary/aromatic N) is 4. The molecule has 0 aliphatic rings. The van der Waals surface area contributed by atoms with Gasteiger partial charge in [-0.3, -0.25) is 4.79 Å². The van der Waals surface area contributed by atoms with E-state index in [9.17, 15) is 4.79 Å². The monoisotopic (exact) mass is 307 g/mol. The average Bonchev–Trinajstić information content (AvgIpc) is 3.06. The molecule has 0 atom stereocenters. The van der Waals surface area contributed by atoms with Crippen LogP contribution in [0.5, 0.6) is 0 Å². The van der Waals surface area contributed by atoms with Crippen molar-refractivity contribution in [2.45, 2.75) is 20.3 Å². The lowest BCUT2D eigenvalue weighted by atomic mass is 10.1. The third-order valence-electron chi connectivity index (χ3n) is 3.70. The summed E-state index contributed by atoms with van der Waals surface area (Å²) in [5.41, 5.74) is 4.72. The van der Waals surface area contributed by atoms with Crippen LogP contribution in [0.15, 0.2) is 48.8 Å². The van der Waals surface area contributed by atoms with Crippen LogP contribution < -0.4 is 5.32 Å². The molecule has 0 saturated heterocycles. The van der Waals surface area contributed by atoms with Gasteiger partial charge in [0.1, 0.15) is 6.33 Å². The third-order valence-corrected chi connectivity index (χ3v) is 3.70. The molecule has 116 valence electrons. The summed E-state index contributed by atoms with van der Waals surface area (Å²) in [6.07, 6.45) is 1.88. The van der Waals surface area contributed by atoms with Gasteiger partial charge in [0.2, 0.25) is 5.91 Å². The predicted octanol–water partition coefficient (Wildman–Crippen LogP) is 2.46. The molecule has 0 spiro atoms. The zero-order valence-electron chi connectivity index (χ0n) is 13.0. The van der Waals surface area contributed by atoms with E-state index in [0.29, 0.717) is 6.42 Å². The highest BCUT2D eigenvalue weighted by molar-refractivity contribution is 5.92. The standard InChI is InChI=1S/C17H17N5O/c1-12-5-3-4-6-14(12)9-17(23)19-15-8-7-13(2)16(10-15)22-11-18-20-21-22/h3-8,10-11H,9H2,1-2H3,(H,19,23). The number of hydrogen-bond donors (Lipinski definition) is 1. The minimum absolute atomic E-state index is 0.0502. The second kappa shape index (κ2) is 6.39. The number of amides is 1. The second-order valence-electron chi connectivity index (χ2n) is 5.41. The number of tetrazole rings is 1. The topological polar surface area (TPSA) is 72.7 Å². The first kappa shape index (κ1) is 14.9. The Morgan fingerprint density at radius 3 is 2.70 bits per heavy atom. The highest BCUT2D eigenvalue weighted by Gasteiger charge is 2.09. The molecule has 1 N–H and O–H groups in total. The van der Waals surface area contributed by atoms with Crippen molar-refractivity contribution in [2.75, 3.05) is 5.32 Å². The first-order valence-electron chi connectivity index (χ1n) is 7.32. The second-order valence-corrected chi connectivity index (χ2v) is 5.41. The summed E-state index contributed by atoms with van der Waals surface area (Å²) in [6.45, 7) is 3.97. The Kier molecular flexibility index (Phi) is 4.14. The van der Waals surface area contributed by atoms with Gasteiger partial charge in [0.05, 0.1) is 12.1 Å². The lowest BCUT2D eigenvalue weighted by Gasteiger charge is -2.10. The van der Waals surface area contributed by atoms with Crippen molar-refractivity contribution >= 4 is 11.6 Å². The van der Waals surface area contributed by atoms with E-state index >= 15 is 0 Å². The Hall–Kier alpha value is -3.02. The van der Waals surface area contributed by atoms with Crippen molar-refractivity contribution in [3.8, 4) is 5.69 Å². The van der Waals surface area contributed by atoms with Crippen molar-refractivity contribution in [3.63, 3.8) is 0 Å². The minimum Gasteiger partial charge on any atom is -0.326 e. The van der Waals surface area contributed by atoms with Crippen molar-refractivity contribution in [3.05, 3.63) is 65.5 Å². The molecule has 23 heavy (non-hydrogen) atoms. The first-order chi connectivity index (χ1) is 11.1. The van der Waals surface area contributed by atoms with Crippen molar-refractivity contribution < 1.29 is 4.79 Å². The van der Waals surface area contributed by atoms with Gasteiger partial charge in [-0.15, -0.1) is 5.10 Å². The molecule has 0 saturated carbocycles. The van der Waals surface area contributed by atoms with Crippen molar-refractivity contribution in [1.29, 1.82) is 0 Å². The van der Waals surface area contributed by atoms with Gasteiger partial charge in [0, 0.05) is 5.69 Å². The molecule has 0 aliphatic carbocycles. The van der Waals surface area contributed by atoms with Gasteiger partial charge in [-0.05, 0) is 53.1 Å². The van der Waals surface area contributed by atoms with Crippen LogP contribution in [0.25, 0.3) is 5.69 Å². The van der Waals surface area contributed by atoms with Gasteiger partial charge >= 0.3 is 0 Å². The Balaban J connectivity index is 1.77. The fraction of sp³-hybridized carbons (Fsp3) is 0.176. The molecule has 0 radical (unpaired) electrons. The smallest absolute Gasteiger partial charge is 0.228 e. The number of aryl methyl sites for hydroxylation is 2. The van der Waals surface area contributed by atoms with E-state index in [0.717, 1.165) is 28.1 Å². The summed E-state index contributed by atoms with van der Waals surface area (Å²) in [5.74, 6) is -0.0502. The largest absolute Gasteiger partial charge is 0.326 e. The fourth-order valence-corrected chi connectivity index (χ4v) is 2.39. The summed E-state index contributed by atoms with van der Waals surface area (Å²) in [4.78, 5) is 12.3. The van der Waals surface area contributed by atoms with Gasteiger partial charge in [0.15, 0.2) is 0 Å². The molecular formula is C17H17N5O. The Labute approximate surface area is 134 Å². The maximum atomic E-state index is 12.3. The molecule has 1 heterocycles. The SMILES string of the molecule is Cc1ccccc1CC(=O)Nc1ccc(C)c(-n2cnnn2)c1. The first-order valence-corrected chi connectivity index (χ1v) is 7.32. The van der Waals surface area contributed by atoms with Gasteiger partial charge < -0.3 is 5.32 Å². The molecule has 0 bridgehead atoms. The molecule has 0 unspecified atom stereocenters. The van der Waals surface area contributed by atoms with Crippen LogP contribution in [0.3, 0.4) is 0 Å². The minimum atomic E-state index is -0.0502. The number of anilines is 1. The maximum Gasteiger partial charge on any atom is 0.228 e. The Bertz CT molecular complexity index is 827. The number of hydrogen-bond acceptors (Lipinski definition) is 4. The Morgan fingerprint density at radius 2 is 1.96 bits per heavy atom. The number of aromatic nitrogens is 4. The van der Waals surface area contributed by atoms with Gasteiger partial charge in [-0.1, -0.05) is 30.3 Å². The molecular weight excluding hydrogens is 290 g/mol. The van der Waals surface area contributed by atoms with E-state index < -0.39 is 0 Å². The lowest BCUT2D eigenvalue weighted by Crippen LogP contribution is -2.15. The molecule has 3 rings (SSSR count). The van der Waals surface area contributed by atoms with Crippen LogP contribution >= 0.6 is 0 Å². The molecule has 2 aromatic carbocycles. The quantitative estimate of drug-likeness (QED) is 0.803. The van der Waals surface area contributed by atoms with Gasteiger partial charge in [-0.2, -0.15) is 0 Å². The zero-order valence-corrected chi connectivity index (χ0v) is 13.0. The average molecular weight is 307 g/mol. The summed E-state index contributed by atoms with van der Waals surface area (Å²) >= 11 is 0. The van der Waals surface area contributed by atoms with Crippen LogP contribution in [-0.4, -0.2) is 26.1 Å². The molecule has 1 amide bonds. The van der Waals surface area contributed by atoms with Crippen LogP contribution in [-0.2, 0) is 11.2 Å². The van der Waals surface area contributed by atoms with Crippen molar-refractivity contribution in [1.82, 2.24) is 20.2 Å². The number of rotatable bonds is 4. The van der Waals surface area contributed by atoms with E-state index in [1.807, 2.05) is 56.3 Å².